The zero-order valence-corrected chi connectivity index (χ0v) is 8.58. The van der Waals surface area contributed by atoms with Crippen LogP contribution >= 0.6 is 0 Å². The third kappa shape index (κ3) is 1.72. The molecule has 0 aliphatic carbocycles. The topological polar surface area (TPSA) is 13.1 Å². The van der Waals surface area contributed by atoms with Crippen molar-refractivity contribution in [2.75, 3.05) is 0 Å². The molecule has 0 spiro atoms. The van der Waals surface area contributed by atoms with Gasteiger partial charge in [-0.2, -0.15) is 0 Å². The summed E-state index contributed by atoms with van der Waals surface area (Å²) < 4.78 is 5.52. The van der Waals surface area contributed by atoms with E-state index in [9.17, 15) is 0 Å². The summed E-state index contributed by atoms with van der Waals surface area (Å²) in [6.45, 7) is 4.20. The van der Waals surface area contributed by atoms with Crippen molar-refractivity contribution in [1.82, 2.24) is 0 Å². The molecule has 1 heterocycles. The summed E-state index contributed by atoms with van der Waals surface area (Å²) in [5.74, 6) is 1.06. The fourth-order valence-electron chi connectivity index (χ4n) is 1.51. The van der Waals surface area contributed by atoms with E-state index in [1.54, 1.807) is 0 Å². The summed E-state index contributed by atoms with van der Waals surface area (Å²) >= 11 is 0. The Morgan fingerprint density at radius 1 is 1.29 bits per heavy atom. The number of furan rings is 1. The van der Waals surface area contributed by atoms with Gasteiger partial charge in [0.05, 0.1) is 6.26 Å². The Bertz CT molecular complexity index is 459. The minimum absolute atomic E-state index is 0.885. The van der Waals surface area contributed by atoms with Crippen LogP contribution in [0.15, 0.2) is 46.6 Å². The van der Waals surface area contributed by atoms with E-state index in [0.29, 0.717) is 0 Å². The molecule has 14 heavy (non-hydrogen) atoms. The van der Waals surface area contributed by atoms with E-state index >= 15 is 0 Å². The molecular weight excluding hydrogens is 172 g/mol. The molecule has 0 N–H and O–H groups in total. The van der Waals surface area contributed by atoms with E-state index in [0.717, 1.165) is 12.2 Å². The van der Waals surface area contributed by atoms with Crippen LogP contribution in [0.1, 0.15) is 19.6 Å². The Morgan fingerprint density at radius 2 is 2.07 bits per heavy atom. The molecule has 0 fully saturated rings. The lowest BCUT2D eigenvalue weighted by Crippen LogP contribution is -1.78. The van der Waals surface area contributed by atoms with Crippen molar-refractivity contribution < 1.29 is 4.42 Å². The predicted octanol–water partition coefficient (Wildman–Crippen LogP) is 3.94. The third-order valence-corrected chi connectivity index (χ3v) is 2.29. The van der Waals surface area contributed by atoms with Gasteiger partial charge in [-0.15, -0.1) is 0 Å². The van der Waals surface area contributed by atoms with E-state index in [4.69, 9.17) is 4.42 Å². The fourth-order valence-corrected chi connectivity index (χ4v) is 1.51. The van der Waals surface area contributed by atoms with E-state index in [1.165, 1.54) is 16.3 Å². The summed E-state index contributed by atoms with van der Waals surface area (Å²) in [6, 6.07) is 8.25. The van der Waals surface area contributed by atoms with Gasteiger partial charge in [-0.1, -0.05) is 35.9 Å². The molecule has 0 bridgehead atoms. The van der Waals surface area contributed by atoms with Crippen LogP contribution in [0.5, 0.6) is 0 Å². The number of hydrogen-bond donors (Lipinski definition) is 0. The molecule has 0 atom stereocenters. The van der Waals surface area contributed by atoms with Gasteiger partial charge in [0.1, 0.15) is 5.76 Å². The SMILES string of the molecule is CC(C)=CCc1occ2ccccc12. The molecule has 1 aromatic carbocycles. The van der Waals surface area contributed by atoms with Crippen LogP contribution in [0, 0.1) is 0 Å². The van der Waals surface area contributed by atoms with Crippen LogP contribution < -0.4 is 0 Å². The van der Waals surface area contributed by atoms with E-state index in [-0.39, 0.29) is 0 Å². The van der Waals surface area contributed by atoms with Gasteiger partial charge < -0.3 is 4.42 Å². The maximum Gasteiger partial charge on any atom is 0.115 e. The van der Waals surface area contributed by atoms with Crippen molar-refractivity contribution in [2.24, 2.45) is 0 Å². The lowest BCUT2D eigenvalue weighted by molar-refractivity contribution is 0.528. The molecule has 0 saturated carbocycles. The molecule has 1 nitrogen and oxygen atoms in total. The molecule has 1 aromatic heterocycles. The van der Waals surface area contributed by atoms with E-state index in [1.807, 2.05) is 18.4 Å². The first-order chi connectivity index (χ1) is 6.77. The average Bonchev–Trinajstić information content (AvgIpc) is 2.58. The van der Waals surface area contributed by atoms with E-state index in [2.05, 4.69) is 32.1 Å². The van der Waals surface area contributed by atoms with E-state index < -0.39 is 0 Å². The largest absolute Gasteiger partial charge is 0.468 e. The van der Waals surface area contributed by atoms with Gasteiger partial charge >= 0.3 is 0 Å². The third-order valence-electron chi connectivity index (χ3n) is 2.29. The van der Waals surface area contributed by atoms with Crippen molar-refractivity contribution in [2.45, 2.75) is 20.3 Å². The maximum atomic E-state index is 5.52. The summed E-state index contributed by atoms with van der Waals surface area (Å²) in [4.78, 5) is 0. The molecule has 0 aliphatic rings. The van der Waals surface area contributed by atoms with Crippen LogP contribution in [0.3, 0.4) is 0 Å². The number of hydrogen-bond acceptors (Lipinski definition) is 1. The second-order valence-electron chi connectivity index (χ2n) is 3.73. The van der Waals surface area contributed by atoms with Crippen molar-refractivity contribution >= 4 is 10.8 Å². The lowest BCUT2D eigenvalue weighted by atomic mass is 10.1. The van der Waals surface area contributed by atoms with Crippen LogP contribution in [-0.2, 0) is 6.42 Å². The first-order valence-electron chi connectivity index (χ1n) is 4.86. The number of rotatable bonds is 2. The molecule has 2 rings (SSSR count). The Morgan fingerprint density at radius 3 is 2.86 bits per heavy atom. The number of allylic oxidation sites excluding steroid dienone is 2. The van der Waals surface area contributed by atoms with Gasteiger partial charge in [-0.3, -0.25) is 0 Å². The Balaban J connectivity index is 2.38. The van der Waals surface area contributed by atoms with Crippen molar-refractivity contribution in [1.29, 1.82) is 0 Å². The minimum atomic E-state index is 0.885. The van der Waals surface area contributed by atoms with Crippen LogP contribution in [0.2, 0.25) is 0 Å². The molecule has 1 heteroatoms. The van der Waals surface area contributed by atoms with Gasteiger partial charge in [0.25, 0.3) is 0 Å². The van der Waals surface area contributed by atoms with Crippen molar-refractivity contribution in [3.05, 3.63) is 47.9 Å². The molecule has 0 saturated heterocycles. The lowest BCUT2D eigenvalue weighted by Gasteiger charge is -1.93. The van der Waals surface area contributed by atoms with Gasteiger partial charge in [0.2, 0.25) is 0 Å². The molecule has 2 aromatic rings. The average molecular weight is 186 g/mol. The standard InChI is InChI=1S/C13H14O/c1-10(2)7-8-13-12-6-4-3-5-11(12)9-14-13/h3-7,9H,8H2,1-2H3. The highest BCUT2D eigenvalue weighted by molar-refractivity contribution is 5.84. The molecule has 0 radical (unpaired) electrons. The van der Waals surface area contributed by atoms with Crippen LogP contribution in [0.25, 0.3) is 10.8 Å². The van der Waals surface area contributed by atoms with Gasteiger partial charge in [0, 0.05) is 17.2 Å². The minimum Gasteiger partial charge on any atom is -0.468 e. The van der Waals surface area contributed by atoms with Crippen molar-refractivity contribution in [3.63, 3.8) is 0 Å². The van der Waals surface area contributed by atoms with Crippen molar-refractivity contribution in [3.8, 4) is 0 Å². The Kier molecular flexibility index (Phi) is 2.40. The predicted molar refractivity (Wildman–Crippen MR) is 59.3 cm³/mol. The summed E-state index contributed by atoms with van der Waals surface area (Å²) in [5.41, 5.74) is 1.32. The summed E-state index contributed by atoms with van der Waals surface area (Å²) in [7, 11) is 0. The summed E-state index contributed by atoms with van der Waals surface area (Å²) in [5, 5.41) is 2.41. The Hall–Kier alpha value is -1.50. The van der Waals surface area contributed by atoms with Crippen LogP contribution in [-0.4, -0.2) is 0 Å². The monoisotopic (exact) mass is 186 g/mol. The van der Waals surface area contributed by atoms with Gasteiger partial charge in [0.15, 0.2) is 0 Å². The molecular formula is C13H14O. The maximum absolute atomic E-state index is 5.52. The first-order valence-corrected chi connectivity index (χ1v) is 4.86. The molecule has 72 valence electrons. The molecule has 0 amide bonds. The normalized spacial score (nSPS) is 10.4. The highest BCUT2D eigenvalue weighted by atomic mass is 16.3. The summed E-state index contributed by atoms with van der Waals surface area (Å²) in [6.07, 6.45) is 4.89. The number of benzene rings is 1. The van der Waals surface area contributed by atoms with Gasteiger partial charge in [-0.05, 0) is 13.8 Å². The first kappa shape index (κ1) is 9.07. The molecule has 0 unspecified atom stereocenters. The second-order valence-corrected chi connectivity index (χ2v) is 3.73. The van der Waals surface area contributed by atoms with Gasteiger partial charge in [-0.25, -0.2) is 0 Å². The van der Waals surface area contributed by atoms with Crippen LogP contribution in [0.4, 0.5) is 0 Å². The number of fused-ring (bicyclic) bond motifs is 1. The zero-order chi connectivity index (χ0) is 9.97. The zero-order valence-electron chi connectivity index (χ0n) is 8.58. The second kappa shape index (κ2) is 3.70. The quantitative estimate of drug-likeness (QED) is 0.647. The molecule has 0 aliphatic heterocycles. The highest BCUT2D eigenvalue weighted by Crippen LogP contribution is 2.21. The highest BCUT2D eigenvalue weighted by Gasteiger charge is 2.02. The fraction of sp³-hybridized carbons (Fsp3) is 0.231. The Labute approximate surface area is 84.0 Å². The smallest absolute Gasteiger partial charge is 0.115 e.